The van der Waals surface area contributed by atoms with Gasteiger partial charge in [0.05, 0.1) is 5.56 Å². The van der Waals surface area contributed by atoms with E-state index in [0.717, 1.165) is 19.4 Å². The molecule has 122 valence electrons. The van der Waals surface area contributed by atoms with Gasteiger partial charge in [0.15, 0.2) is 5.78 Å². The van der Waals surface area contributed by atoms with E-state index in [4.69, 9.17) is 4.74 Å². The number of para-hydroxylation sites is 1. The van der Waals surface area contributed by atoms with Crippen molar-refractivity contribution in [3.8, 4) is 5.75 Å². The second-order valence-electron chi connectivity index (χ2n) is 5.29. The zero-order valence-electron chi connectivity index (χ0n) is 12.7. The number of hydrogen-bond acceptors (Lipinski definition) is 4. The summed E-state index contributed by atoms with van der Waals surface area (Å²) in [5.74, 6) is -0.236. The molecular weight excluding hydrogens is 306 g/mol. The lowest BCUT2D eigenvalue weighted by Gasteiger charge is -2.32. The predicted octanol–water partition coefficient (Wildman–Crippen LogP) is 2.63. The number of aliphatic carboxylic acids is 1. The quantitative estimate of drug-likeness (QED) is 0.814. The highest BCUT2D eigenvalue weighted by Crippen LogP contribution is 2.20. The number of nitrogens with zero attached hydrogens (tertiary/aromatic N) is 1. The third-order valence-corrected chi connectivity index (χ3v) is 3.80. The molecule has 1 fully saturated rings. The smallest absolute Gasteiger partial charge is 0.320 e. The molecule has 0 aromatic heterocycles. The number of halogens is 1. The summed E-state index contributed by atoms with van der Waals surface area (Å²) >= 11 is 0. The zero-order chi connectivity index (χ0) is 15.2. The number of carboxylic acids is 1. The highest BCUT2D eigenvalue weighted by Gasteiger charge is 2.27. The molecule has 1 atom stereocenters. The Balaban J connectivity index is 0.00000242. The molecule has 0 spiro atoms. The van der Waals surface area contributed by atoms with E-state index in [-0.39, 0.29) is 18.2 Å². The average molecular weight is 328 g/mol. The third-order valence-electron chi connectivity index (χ3n) is 3.80. The minimum absolute atomic E-state index is 0. The molecule has 5 nitrogen and oxygen atoms in total. The van der Waals surface area contributed by atoms with Crippen molar-refractivity contribution in [2.75, 3.05) is 19.7 Å². The number of Topliss-reactive ketones (excluding diaryl/α,β-unsaturated/α-hetero) is 1. The standard InChI is InChI=1S/C16H21NO4.ClH/c1-12(18)13-6-2-3-8-15(13)21-11-10-17-9-5-4-7-14(17)16(19)20;/h2-3,6,8,14H,4-5,7,9-11H2,1H3,(H,19,20);1H. The van der Waals surface area contributed by atoms with Crippen LogP contribution in [0.25, 0.3) is 0 Å². The van der Waals surface area contributed by atoms with Crippen LogP contribution >= 0.6 is 12.4 Å². The lowest BCUT2D eigenvalue weighted by molar-refractivity contribution is -0.144. The first-order valence-electron chi connectivity index (χ1n) is 7.29. The lowest BCUT2D eigenvalue weighted by atomic mass is 10.0. The van der Waals surface area contributed by atoms with Gasteiger partial charge in [0.25, 0.3) is 0 Å². The summed E-state index contributed by atoms with van der Waals surface area (Å²) in [5, 5.41) is 9.21. The topological polar surface area (TPSA) is 66.8 Å². The molecule has 1 aromatic carbocycles. The summed E-state index contributed by atoms with van der Waals surface area (Å²) in [7, 11) is 0. The highest BCUT2D eigenvalue weighted by atomic mass is 35.5. The zero-order valence-corrected chi connectivity index (χ0v) is 13.5. The number of carbonyl (C=O) groups is 2. The molecule has 6 heteroatoms. The first-order chi connectivity index (χ1) is 10.1. The summed E-state index contributed by atoms with van der Waals surface area (Å²) in [6.45, 7) is 3.24. The molecule has 1 aliphatic rings. The van der Waals surface area contributed by atoms with Crippen molar-refractivity contribution in [3.63, 3.8) is 0 Å². The van der Waals surface area contributed by atoms with Gasteiger partial charge < -0.3 is 9.84 Å². The van der Waals surface area contributed by atoms with Crippen molar-refractivity contribution in [1.82, 2.24) is 4.90 Å². The van der Waals surface area contributed by atoms with Crippen LogP contribution in [0.5, 0.6) is 5.75 Å². The van der Waals surface area contributed by atoms with Gasteiger partial charge in [0.1, 0.15) is 18.4 Å². The van der Waals surface area contributed by atoms with Gasteiger partial charge in [-0.25, -0.2) is 0 Å². The molecule has 1 heterocycles. The third kappa shape index (κ3) is 4.71. The largest absolute Gasteiger partial charge is 0.491 e. The van der Waals surface area contributed by atoms with E-state index in [1.807, 2.05) is 11.0 Å². The molecule has 0 saturated carbocycles. The van der Waals surface area contributed by atoms with Gasteiger partial charge in [-0.3, -0.25) is 14.5 Å². The summed E-state index contributed by atoms with van der Waals surface area (Å²) < 4.78 is 5.67. The van der Waals surface area contributed by atoms with Crippen LogP contribution in [-0.2, 0) is 4.79 Å². The fraction of sp³-hybridized carbons (Fsp3) is 0.500. The maximum absolute atomic E-state index is 11.5. The highest BCUT2D eigenvalue weighted by molar-refractivity contribution is 5.96. The molecule has 0 radical (unpaired) electrons. The van der Waals surface area contributed by atoms with Gasteiger partial charge in [-0.15, -0.1) is 12.4 Å². The van der Waals surface area contributed by atoms with E-state index in [1.165, 1.54) is 6.92 Å². The SMILES string of the molecule is CC(=O)c1ccccc1OCCN1CCCCC1C(=O)O.Cl. The Morgan fingerprint density at radius 3 is 2.73 bits per heavy atom. The van der Waals surface area contributed by atoms with Crippen LogP contribution in [0.4, 0.5) is 0 Å². The number of rotatable bonds is 6. The number of ketones is 1. The van der Waals surface area contributed by atoms with Crippen molar-refractivity contribution in [3.05, 3.63) is 29.8 Å². The van der Waals surface area contributed by atoms with Gasteiger partial charge in [0, 0.05) is 6.54 Å². The molecule has 1 N–H and O–H groups in total. The Bertz CT molecular complexity index is 521. The maximum atomic E-state index is 11.5. The van der Waals surface area contributed by atoms with E-state index < -0.39 is 12.0 Å². The van der Waals surface area contributed by atoms with E-state index in [2.05, 4.69) is 0 Å². The first-order valence-corrected chi connectivity index (χ1v) is 7.29. The van der Waals surface area contributed by atoms with Gasteiger partial charge >= 0.3 is 5.97 Å². The number of piperidine rings is 1. The molecule has 22 heavy (non-hydrogen) atoms. The second-order valence-corrected chi connectivity index (χ2v) is 5.29. The summed E-state index contributed by atoms with van der Waals surface area (Å²) in [5.41, 5.74) is 0.561. The molecular formula is C16H22ClNO4. The van der Waals surface area contributed by atoms with Crippen LogP contribution in [-0.4, -0.2) is 47.5 Å². The van der Waals surface area contributed by atoms with E-state index in [9.17, 15) is 14.7 Å². The summed E-state index contributed by atoms with van der Waals surface area (Å²) in [4.78, 5) is 24.7. The molecule has 1 unspecified atom stereocenters. The van der Waals surface area contributed by atoms with Crippen LogP contribution in [0.2, 0.25) is 0 Å². The Hall–Kier alpha value is -1.59. The van der Waals surface area contributed by atoms with Crippen LogP contribution < -0.4 is 4.74 Å². The van der Waals surface area contributed by atoms with E-state index in [1.54, 1.807) is 18.2 Å². The molecule has 0 aliphatic carbocycles. The second kappa shape index (κ2) is 8.76. The fourth-order valence-corrected chi connectivity index (χ4v) is 2.69. The lowest BCUT2D eigenvalue weighted by Crippen LogP contribution is -2.46. The fourth-order valence-electron chi connectivity index (χ4n) is 2.69. The maximum Gasteiger partial charge on any atom is 0.320 e. The predicted molar refractivity (Wildman–Crippen MR) is 86.0 cm³/mol. The Labute approximate surface area is 136 Å². The summed E-state index contributed by atoms with van der Waals surface area (Å²) in [6, 6.07) is 6.71. The minimum Gasteiger partial charge on any atom is -0.491 e. The van der Waals surface area contributed by atoms with Crippen LogP contribution in [0.15, 0.2) is 24.3 Å². The average Bonchev–Trinajstić information content (AvgIpc) is 2.48. The number of hydrogen-bond donors (Lipinski definition) is 1. The minimum atomic E-state index is -0.765. The van der Waals surface area contributed by atoms with Crippen LogP contribution in [0.1, 0.15) is 36.5 Å². The summed E-state index contributed by atoms with van der Waals surface area (Å²) in [6.07, 6.45) is 2.68. The Morgan fingerprint density at radius 2 is 2.05 bits per heavy atom. The molecule has 0 bridgehead atoms. The molecule has 0 amide bonds. The normalized spacial score (nSPS) is 18.3. The van der Waals surface area contributed by atoms with Gasteiger partial charge in [-0.05, 0) is 38.4 Å². The van der Waals surface area contributed by atoms with Crippen molar-refractivity contribution >= 4 is 24.2 Å². The van der Waals surface area contributed by atoms with Crippen molar-refractivity contribution < 1.29 is 19.4 Å². The molecule has 1 saturated heterocycles. The number of ether oxygens (including phenoxy) is 1. The van der Waals surface area contributed by atoms with Gasteiger partial charge in [-0.2, -0.15) is 0 Å². The van der Waals surface area contributed by atoms with E-state index >= 15 is 0 Å². The Morgan fingerprint density at radius 1 is 1.32 bits per heavy atom. The number of carboxylic acid groups (broad SMARTS) is 1. The van der Waals surface area contributed by atoms with Crippen molar-refractivity contribution in [2.24, 2.45) is 0 Å². The monoisotopic (exact) mass is 327 g/mol. The number of likely N-dealkylation sites (tertiary alicyclic amines) is 1. The molecule has 1 aliphatic heterocycles. The number of carbonyl (C=O) groups excluding carboxylic acids is 1. The Kier molecular flexibility index (Phi) is 7.35. The molecule has 2 rings (SSSR count). The first kappa shape index (κ1) is 18.5. The number of benzene rings is 1. The van der Waals surface area contributed by atoms with E-state index in [0.29, 0.717) is 30.9 Å². The van der Waals surface area contributed by atoms with Crippen molar-refractivity contribution in [1.29, 1.82) is 0 Å². The van der Waals surface area contributed by atoms with Crippen LogP contribution in [0.3, 0.4) is 0 Å². The molecule has 1 aromatic rings. The van der Waals surface area contributed by atoms with Crippen molar-refractivity contribution in [2.45, 2.75) is 32.2 Å². The van der Waals surface area contributed by atoms with Gasteiger partial charge in [0.2, 0.25) is 0 Å². The van der Waals surface area contributed by atoms with Gasteiger partial charge in [-0.1, -0.05) is 18.6 Å². The van der Waals surface area contributed by atoms with Crippen LogP contribution in [0, 0.1) is 0 Å².